The summed E-state index contributed by atoms with van der Waals surface area (Å²) in [7, 11) is 0. The van der Waals surface area contributed by atoms with E-state index in [1.165, 1.54) is 18.2 Å². The number of hydrogen-bond acceptors (Lipinski definition) is 2. The van der Waals surface area contributed by atoms with Gasteiger partial charge in [-0.2, -0.15) is 0 Å². The second-order valence-corrected chi connectivity index (χ2v) is 5.74. The van der Waals surface area contributed by atoms with Crippen LogP contribution in [-0.2, 0) is 4.79 Å². The molecule has 0 spiro atoms. The molecule has 0 bridgehead atoms. The van der Waals surface area contributed by atoms with Crippen molar-refractivity contribution in [3.05, 3.63) is 83.7 Å². The number of fused-ring (bicyclic) bond motifs is 1. The number of halogens is 1. The molecule has 0 heterocycles. The molecule has 3 aromatic carbocycles. The molecular weight excluding hydrogens is 321 g/mol. The van der Waals surface area contributed by atoms with E-state index in [4.69, 9.17) is 5.11 Å². The van der Waals surface area contributed by atoms with Crippen LogP contribution in [-0.4, -0.2) is 17.0 Å². The Morgan fingerprint density at radius 1 is 0.960 bits per heavy atom. The fourth-order valence-corrected chi connectivity index (χ4v) is 2.72. The summed E-state index contributed by atoms with van der Waals surface area (Å²) >= 11 is 0. The van der Waals surface area contributed by atoms with Crippen LogP contribution in [0, 0.1) is 5.82 Å². The number of nitrogens with one attached hydrogen (secondary N) is 1. The van der Waals surface area contributed by atoms with Crippen molar-refractivity contribution in [3.8, 4) is 0 Å². The number of carbonyl (C=O) groups is 2. The lowest BCUT2D eigenvalue weighted by molar-refractivity contribution is -0.137. The molecule has 2 N–H and O–H groups in total. The second kappa shape index (κ2) is 7.13. The summed E-state index contributed by atoms with van der Waals surface area (Å²) in [5.41, 5.74) is 0.835. The van der Waals surface area contributed by atoms with E-state index in [9.17, 15) is 14.0 Å². The highest BCUT2D eigenvalue weighted by molar-refractivity contribution is 5.98. The lowest BCUT2D eigenvalue weighted by atomic mass is 10.0. The van der Waals surface area contributed by atoms with E-state index < -0.39 is 23.7 Å². The van der Waals surface area contributed by atoms with Gasteiger partial charge in [0, 0.05) is 5.56 Å². The first-order valence-corrected chi connectivity index (χ1v) is 7.80. The Labute approximate surface area is 143 Å². The second-order valence-electron chi connectivity index (χ2n) is 5.74. The van der Waals surface area contributed by atoms with E-state index in [-0.39, 0.29) is 6.42 Å². The molecule has 1 atom stereocenters. The van der Waals surface area contributed by atoms with Crippen LogP contribution >= 0.6 is 0 Å². The standard InChI is InChI=1S/C20H16FNO3/c21-17-7-3-6-15(11-17)18(12-19(23)24)22-20(25)16-9-8-13-4-1-2-5-14(13)10-16/h1-11,18H,12H2,(H,22,25)(H,23,24). The maximum atomic E-state index is 13.4. The number of carbonyl (C=O) groups excluding carboxylic acids is 1. The van der Waals surface area contributed by atoms with E-state index in [1.807, 2.05) is 30.3 Å². The van der Waals surface area contributed by atoms with E-state index in [1.54, 1.807) is 18.2 Å². The maximum absolute atomic E-state index is 13.4. The minimum Gasteiger partial charge on any atom is -0.481 e. The largest absolute Gasteiger partial charge is 0.481 e. The maximum Gasteiger partial charge on any atom is 0.305 e. The van der Waals surface area contributed by atoms with Gasteiger partial charge in [0.05, 0.1) is 12.5 Å². The smallest absolute Gasteiger partial charge is 0.305 e. The lowest BCUT2D eigenvalue weighted by Gasteiger charge is -2.18. The normalized spacial score (nSPS) is 11.9. The van der Waals surface area contributed by atoms with Crippen molar-refractivity contribution in [1.82, 2.24) is 5.32 Å². The Bertz CT molecular complexity index is 939. The monoisotopic (exact) mass is 337 g/mol. The Hall–Kier alpha value is -3.21. The number of amides is 1. The minimum atomic E-state index is -1.08. The fourth-order valence-electron chi connectivity index (χ4n) is 2.72. The van der Waals surface area contributed by atoms with Crippen molar-refractivity contribution in [1.29, 1.82) is 0 Å². The van der Waals surface area contributed by atoms with Crippen molar-refractivity contribution >= 4 is 22.6 Å². The van der Waals surface area contributed by atoms with E-state index >= 15 is 0 Å². The first-order chi connectivity index (χ1) is 12.0. The van der Waals surface area contributed by atoms with Crippen molar-refractivity contribution in [2.24, 2.45) is 0 Å². The average molecular weight is 337 g/mol. The lowest BCUT2D eigenvalue weighted by Crippen LogP contribution is -2.30. The third kappa shape index (κ3) is 4.01. The average Bonchev–Trinajstić information content (AvgIpc) is 2.60. The van der Waals surface area contributed by atoms with Crippen LogP contribution in [0.2, 0.25) is 0 Å². The number of carboxylic acids is 1. The zero-order valence-electron chi connectivity index (χ0n) is 13.3. The number of benzene rings is 3. The summed E-state index contributed by atoms with van der Waals surface area (Å²) in [5.74, 6) is -1.96. The molecule has 0 radical (unpaired) electrons. The third-order valence-electron chi connectivity index (χ3n) is 3.95. The molecule has 0 aliphatic carbocycles. The van der Waals surface area contributed by atoms with Gasteiger partial charge >= 0.3 is 5.97 Å². The number of rotatable bonds is 5. The van der Waals surface area contributed by atoms with Gasteiger partial charge in [-0.05, 0) is 40.6 Å². The Balaban J connectivity index is 1.87. The molecule has 0 aliphatic heterocycles. The number of aliphatic carboxylic acids is 1. The van der Waals surface area contributed by atoms with Crippen LogP contribution in [0.4, 0.5) is 4.39 Å². The summed E-state index contributed by atoms with van der Waals surface area (Å²) in [4.78, 5) is 23.7. The number of carboxylic acid groups (broad SMARTS) is 1. The van der Waals surface area contributed by atoms with E-state index in [0.29, 0.717) is 11.1 Å². The highest BCUT2D eigenvalue weighted by atomic mass is 19.1. The third-order valence-corrected chi connectivity index (χ3v) is 3.95. The quantitative estimate of drug-likeness (QED) is 0.741. The van der Waals surface area contributed by atoms with Crippen LogP contribution in [0.1, 0.15) is 28.4 Å². The van der Waals surface area contributed by atoms with Gasteiger partial charge in [-0.25, -0.2) is 4.39 Å². The molecular formula is C20H16FNO3. The molecule has 0 fully saturated rings. The molecule has 3 aromatic rings. The molecule has 25 heavy (non-hydrogen) atoms. The van der Waals surface area contributed by atoms with Crippen LogP contribution in [0.15, 0.2) is 66.7 Å². The summed E-state index contributed by atoms with van der Waals surface area (Å²) in [6, 6.07) is 17.7. The summed E-state index contributed by atoms with van der Waals surface area (Å²) in [6.45, 7) is 0. The summed E-state index contributed by atoms with van der Waals surface area (Å²) in [6.07, 6.45) is -0.331. The molecule has 3 rings (SSSR count). The summed E-state index contributed by atoms with van der Waals surface area (Å²) < 4.78 is 13.4. The highest BCUT2D eigenvalue weighted by Crippen LogP contribution is 2.20. The van der Waals surface area contributed by atoms with E-state index in [0.717, 1.165) is 10.8 Å². The van der Waals surface area contributed by atoms with Gasteiger partial charge in [0.2, 0.25) is 0 Å². The zero-order valence-corrected chi connectivity index (χ0v) is 13.3. The molecule has 0 aromatic heterocycles. The van der Waals surface area contributed by atoms with Gasteiger partial charge in [-0.15, -0.1) is 0 Å². The first-order valence-electron chi connectivity index (χ1n) is 7.80. The van der Waals surface area contributed by atoms with Crippen LogP contribution in [0.25, 0.3) is 10.8 Å². The zero-order chi connectivity index (χ0) is 17.8. The van der Waals surface area contributed by atoms with Crippen molar-refractivity contribution in [2.45, 2.75) is 12.5 Å². The van der Waals surface area contributed by atoms with Gasteiger partial charge in [0.1, 0.15) is 5.82 Å². The van der Waals surface area contributed by atoms with Crippen molar-refractivity contribution in [3.63, 3.8) is 0 Å². The molecule has 0 saturated heterocycles. The highest BCUT2D eigenvalue weighted by Gasteiger charge is 2.19. The molecule has 0 saturated carbocycles. The molecule has 0 aliphatic rings. The van der Waals surface area contributed by atoms with Crippen LogP contribution in [0.5, 0.6) is 0 Å². The van der Waals surface area contributed by atoms with E-state index in [2.05, 4.69) is 5.32 Å². The van der Waals surface area contributed by atoms with Gasteiger partial charge in [0.15, 0.2) is 0 Å². The SMILES string of the molecule is O=C(O)CC(NC(=O)c1ccc2ccccc2c1)c1cccc(F)c1. The van der Waals surface area contributed by atoms with Crippen molar-refractivity contribution < 1.29 is 19.1 Å². The Morgan fingerprint density at radius 3 is 2.44 bits per heavy atom. The van der Waals surface area contributed by atoms with Gasteiger partial charge in [-0.1, -0.05) is 42.5 Å². The van der Waals surface area contributed by atoms with Crippen LogP contribution in [0.3, 0.4) is 0 Å². The molecule has 1 amide bonds. The Kier molecular flexibility index (Phi) is 4.75. The summed E-state index contributed by atoms with van der Waals surface area (Å²) in [5, 5.41) is 13.7. The topological polar surface area (TPSA) is 66.4 Å². The predicted octanol–water partition coefficient (Wildman–Crippen LogP) is 3.92. The van der Waals surface area contributed by atoms with Gasteiger partial charge in [-0.3, -0.25) is 9.59 Å². The molecule has 126 valence electrons. The van der Waals surface area contributed by atoms with Gasteiger partial charge in [0.25, 0.3) is 5.91 Å². The molecule has 4 nitrogen and oxygen atoms in total. The number of hydrogen-bond donors (Lipinski definition) is 2. The van der Waals surface area contributed by atoms with Gasteiger partial charge < -0.3 is 10.4 Å². The fraction of sp³-hybridized carbons (Fsp3) is 0.100. The minimum absolute atomic E-state index is 0.331. The van der Waals surface area contributed by atoms with Crippen molar-refractivity contribution in [2.75, 3.05) is 0 Å². The first kappa shape index (κ1) is 16.6. The predicted molar refractivity (Wildman–Crippen MR) is 92.8 cm³/mol. The molecule has 1 unspecified atom stereocenters. The Morgan fingerprint density at radius 2 is 1.72 bits per heavy atom. The molecule has 5 heteroatoms. The van der Waals surface area contributed by atoms with Crippen LogP contribution < -0.4 is 5.32 Å².